The van der Waals surface area contributed by atoms with Gasteiger partial charge in [-0.3, -0.25) is 29.4 Å². The summed E-state index contributed by atoms with van der Waals surface area (Å²) in [6.07, 6.45) is 2.46. The van der Waals surface area contributed by atoms with Crippen LogP contribution in [-0.2, 0) is 45.2 Å². The highest BCUT2D eigenvalue weighted by atomic mass is 35.5. The van der Waals surface area contributed by atoms with Gasteiger partial charge in [0.05, 0.1) is 19.6 Å². The van der Waals surface area contributed by atoms with Crippen molar-refractivity contribution in [2.24, 2.45) is 5.92 Å². The normalized spacial score (nSPS) is 19.2. The maximum atomic E-state index is 12.4. The third kappa shape index (κ3) is 8.36. The first-order valence-corrected chi connectivity index (χ1v) is 13.7. The Hall–Kier alpha value is -3.27. The molecule has 2 saturated heterocycles. The predicted molar refractivity (Wildman–Crippen MR) is 147 cm³/mol. The molecule has 1 atom stereocenters. The van der Waals surface area contributed by atoms with E-state index < -0.39 is 0 Å². The number of halogens is 1. The number of hydrogen-bond donors (Lipinski definition) is 3. The first kappa shape index (κ1) is 28.7. The first-order chi connectivity index (χ1) is 18.8. The molecule has 5 rings (SSSR count). The van der Waals surface area contributed by atoms with Gasteiger partial charge in [-0.25, -0.2) is 0 Å². The largest absolute Gasteiger partial charge is 0.379 e. The Kier molecular flexibility index (Phi) is 10.1. The van der Waals surface area contributed by atoms with Gasteiger partial charge in [0, 0.05) is 55.6 Å². The molecule has 3 aliphatic rings. The molecule has 3 aliphatic heterocycles. The molecule has 2 fully saturated rings. The van der Waals surface area contributed by atoms with E-state index in [9.17, 15) is 19.2 Å². The number of morpholine rings is 1. The number of nitrogens with one attached hydrogen (secondary N) is 3. The Morgan fingerprint density at radius 2 is 1.87 bits per heavy atom. The number of ether oxygens (including phenoxy) is 1. The van der Waals surface area contributed by atoms with E-state index in [2.05, 4.69) is 20.9 Å². The van der Waals surface area contributed by atoms with Crippen molar-refractivity contribution in [3.63, 3.8) is 0 Å². The van der Waals surface area contributed by atoms with Crippen LogP contribution in [0.25, 0.3) is 0 Å². The zero-order valence-electron chi connectivity index (χ0n) is 22.2. The molecular weight excluding hydrogens is 520 g/mol. The number of imide groups is 1. The van der Waals surface area contributed by atoms with Crippen molar-refractivity contribution < 1.29 is 23.9 Å². The van der Waals surface area contributed by atoms with Gasteiger partial charge in [-0.1, -0.05) is 42.8 Å². The summed E-state index contributed by atoms with van der Waals surface area (Å²) in [5, 5.41) is 8.80. The van der Waals surface area contributed by atoms with Gasteiger partial charge in [0.15, 0.2) is 0 Å². The summed E-state index contributed by atoms with van der Waals surface area (Å²) in [4.78, 5) is 48.0. The van der Waals surface area contributed by atoms with E-state index in [0.717, 1.165) is 73.0 Å². The Morgan fingerprint density at radius 1 is 1.10 bits per heavy atom. The SMILES string of the molecule is CC1CCCC(=O)NC1=O.O=C(Cc1ccc(Cl)c(CN2CCOCC2)c1)NCc1ccc2c(c1)CNC2=O. The minimum absolute atomic E-state index is 0.00597. The molecule has 39 heavy (non-hydrogen) atoms. The minimum Gasteiger partial charge on any atom is -0.379 e. The molecular formula is C29H35ClN4O5. The van der Waals surface area contributed by atoms with E-state index in [4.69, 9.17) is 16.3 Å². The maximum absolute atomic E-state index is 12.4. The monoisotopic (exact) mass is 554 g/mol. The smallest absolute Gasteiger partial charge is 0.251 e. The van der Waals surface area contributed by atoms with E-state index in [1.165, 1.54) is 0 Å². The lowest BCUT2D eigenvalue weighted by Gasteiger charge is -2.27. The van der Waals surface area contributed by atoms with Crippen LogP contribution < -0.4 is 16.0 Å². The topological polar surface area (TPSA) is 117 Å². The summed E-state index contributed by atoms with van der Waals surface area (Å²) in [5.74, 6) is -0.325. The van der Waals surface area contributed by atoms with Crippen molar-refractivity contribution in [3.8, 4) is 0 Å². The standard InChI is InChI=1S/C22H24ClN3O3.C7H11NO2/c23-20-4-2-15(9-18(20)14-26-5-7-29-8-6-26)11-21(27)24-12-16-1-3-19-17(10-16)13-25-22(19)28;1-5-3-2-4-6(9)8-7(5)10/h1-4,9-10H,5-8,11-14H2,(H,24,27)(H,25,28);5H,2-4H2,1H3,(H,8,9,10). The molecule has 10 heteroatoms. The van der Waals surface area contributed by atoms with Crippen LogP contribution in [0.15, 0.2) is 36.4 Å². The van der Waals surface area contributed by atoms with Crippen LogP contribution >= 0.6 is 11.6 Å². The van der Waals surface area contributed by atoms with Crippen LogP contribution in [-0.4, -0.2) is 54.8 Å². The number of nitrogens with zero attached hydrogens (tertiary/aromatic N) is 1. The van der Waals surface area contributed by atoms with Gasteiger partial charge in [0.2, 0.25) is 17.7 Å². The molecule has 0 saturated carbocycles. The number of amides is 4. The Bertz CT molecular complexity index is 1230. The lowest BCUT2D eigenvalue weighted by Crippen LogP contribution is -2.35. The van der Waals surface area contributed by atoms with Crippen LogP contribution in [0.2, 0.25) is 5.02 Å². The second-order valence-corrected chi connectivity index (χ2v) is 10.6. The molecule has 3 heterocycles. The van der Waals surface area contributed by atoms with Crippen molar-refractivity contribution in [2.45, 2.75) is 52.2 Å². The van der Waals surface area contributed by atoms with Gasteiger partial charge in [0.1, 0.15) is 0 Å². The number of rotatable bonds is 6. The number of carbonyl (C=O) groups is 4. The van der Waals surface area contributed by atoms with E-state index in [1.54, 1.807) is 0 Å². The molecule has 0 radical (unpaired) electrons. The summed E-state index contributed by atoms with van der Waals surface area (Å²) in [7, 11) is 0. The second-order valence-electron chi connectivity index (χ2n) is 10.1. The third-order valence-corrected chi connectivity index (χ3v) is 7.44. The van der Waals surface area contributed by atoms with E-state index in [1.807, 2.05) is 43.3 Å². The van der Waals surface area contributed by atoms with Crippen molar-refractivity contribution in [1.82, 2.24) is 20.9 Å². The van der Waals surface area contributed by atoms with Gasteiger partial charge in [-0.15, -0.1) is 0 Å². The van der Waals surface area contributed by atoms with Gasteiger partial charge >= 0.3 is 0 Å². The fourth-order valence-corrected chi connectivity index (χ4v) is 4.90. The van der Waals surface area contributed by atoms with E-state index in [0.29, 0.717) is 31.5 Å². The number of fused-ring (bicyclic) bond motifs is 1. The van der Waals surface area contributed by atoms with Crippen LogP contribution in [0.3, 0.4) is 0 Å². The molecule has 9 nitrogen and oxygen atoms in total. The van der Waals surface area contributed by atoms with Gasteiger partial charge in [-0.2, -0.15) is 0 Å². The fraction of sp³-hybridized carbons (Fsp3) is 0.448. The lowest BCUT2D eigenvalue weighted by atomic mass is 10.1. The average molecular weight is 555 g/mol. The van der Waals surface area contributed by atoms with Gasteiger partial charge < -0.3 is 15.4 Å². The molecule has 0 bridgehead atoms. The molecule has 0 spiro atoms. The molecule has 2 aromatic carbocycles. The lowest BCUT2D eigenvalue weighted by molar-refractivity contribution is -0.131. The summed E-state index contributed by atoms with van der Waals surface area (Å²) < 4.78 is 5.39. The zero-order chi connectivity index (χ0) is 27.8. The second kappa shape index (κ2) is 13.7. The van der Waals surface area contributed by atoms with E-state index >= 15 is 0 Å². The van der Waals surface area contributed by atoms with Gasteiger partial charge in [0.25, 0.3) is 5.91 Å². The van der Waals surface area contributed by atoms with E-state index in [-0.39, 0.29) is 29.5 Å². The van der Waals surface area contributed by atoms with Crippen LogP contribution in [0, 0.1) is 5.92 Å². The van der Waals surface area contributed by atoms with Crippen LogP contribution in [0.5, 0.6) is 0 Å². The first-order valence-electron chi connectivity index (χ1n) is 13.4. The van der Waals surface area contributed by atoms with Crippen molar-refractivity contribution in [1.29, 1.82) is 0 Å². The van der Waals surface area contributed by atoms with Crippen LogP contribution in [0.4, 0.5) is 0 Å². The predicted octanol–water partition coefficient (Wildman–Crippen LogP) is 2.72. The van der Waals surface area contributed by atoms with Crippen molar-refractivity contribution in [3.05, 3.63) is 69.2 Å². The Labute approximate surface area is 233 Å². The molecule has 2 aromatic rings. The van der Waals surface area contributed by atoms with Crippen molar-refractivity contribution in [2.75, 3.05) is 26.3 Å². The third-order valence-electron chi connectivity index (χ3n) is 7.07. The number of benzene rings is 2. The van der Waals surface area contributed by atoms with Gasteiger partial charge in [-0.05, 0) is 47.2 Å². The molecule has 0 aliphatic carbocycles. The molecule has 3 N–H and O–H groups in total. The van der Waals surface area contributed by atoms with Crippen molar-refractivity contribution >= 4 is 35.2 Å². The molecule has 1 unspecified atom stereocenters. The summed E-state index contributed by atoms with van der Waals surface area (Å²) in [6.45, 7) is 6.86. The highest BCUT2D eigenvalue weighted by molar-refractivity contribution is 6.31. The number of carbonyl (C=O) groups excluding carboxylic acids is 4. The molecule has 4 amide bonds. The minimum atomic E-state index is -0.130. The molecule has 208 valence electrons. The summed E-state index contributed by atoms with van der Waals surface area (Å²) in [6, 6.07) is 11.4. The molecule has 0 aromatic heterocycles. The highest BCUT2D eigenvalue weighted by Crippen LogP contribution is 2.21. The highest BCUT2D eigenvalue weighted by Gasteiger charge is 2.20. The Morgan fingerprint density at radius 3 is 2.67 bits per heavy atom. The quantitative estimate of drug-likeness (QED) is 0.473. The summed E-state index contributed by atoms with van der Waals surface area (Å²) in [5.41, 5.74) is 4.66. The zero-order valence-corrected chi connectivity index (χ0v) is 22.9. The Balaban J connectivity index is 0.000000298. The van der Waals surface area contributed by atoms with Crippen LogP contribution in [0.1, 0.15) is 58.8 Å². The fourth-order valence-electron chi connectivity index (χ4n) is 4.73. The summed E-state index contributed by atoms with van der Waals surface area (Å²) >= 11 is 6.36. The number of hydrogen-bond acceptors (Lipinski definition) is 6. The maximum Gasteiger partial charge on any atom is 0.251 e. The average Bonchev–Trinajstić information content (AvgIpc) is 3.22.